The van der Waals surface area contributed by atoms with Gasteiger partial charge in [0.15, 0.2) is 5.82 Å². The van der Waals surface area contributed by atoms with Crippen LogP contribution in [0.5, 0.6) is 0 Å². The molecule has 0 fully saturated rings. The quantitative estimate of drug-likeness (QED) is 0.766. The van der Waals surface area contributed by atoms with Crippen LogP contribution in [-0.4, -0.2) is 17.0 Å². The van der Waals surface area contributed by atoms with E-state index in [4.69, 9.17) is 0 Å². The molecule has 0 atom stereocenters. The molecule has 0 saturated carbocycles. The predicted octanol–water partition coefficient (Wildman–Crippen LogP) is 2.34. The number of allylic oxidation sites excluding steroid dienone is 5. The smallest absolute Gasteiger partial charge is 0.158 e. The summed E-state index contributed by atoms with van der Waals surface area (Å²) in [5.41, 5.74) is 1.88. The molecule has 0 radical (unpaired) electrons. The Kier molecular flexibility index (Phi) is 5.16. The highest BCUT2D eigenvalue weighted by atomic mass is 14.9. The third-order valence-electron chi connectivity index (χ3n) is 1.97. The molecule has 0 aliphatic rings. The van der Waals surface area contributed by atoms with Crippen LogP contribution < -0.4 is 5.32 Å². The van der Waals surface area contributed by atoms with E-state index in [1.165, 1.54) is 0 Å². The standard InChI is InChI=1S/C13H17N3/c1-4-5-6-7-11(2)13-15-9-12(8-14-3)10-16-13/h4-7,9-10,14H,2,8H2,1,3H3/b5-4-,7-6-. The number of nitrogens with zero attached hydrogens (tertiary/aromatic N) is 2. The van der Waals surface area contributed by atoms with Gasteiger partial charge in [0.1, 0.15) is 0 Å². The van der Waals surface area contributed by atoms with Gasteiger partial charge in [-0.3, -0.25) is 0 Å². The van der Waals surface area contributed by atoms with Gasteiger partial charge in [0.05, 0.1) is 0 Å². The van der Waals surface area contributed by atoms with Crippen LogP contribution in [-0.2, 0) is 6.54 Å². The van der Waals surface area contributed by atoms with Crippen molar-refractivity contribution in [3.8, 4) is 0 Å². The SMILES string of the molecule is C=C(/C=C\C=C/C)c1ncc(CNC)cn1. The summed E-state index contributed by atoms with van der Waals surface area (Å²) in [7, 11) is 1.90. The Balaban J connectivity index is 2.70. The highest BCUT2D eigenvalue weighted by molar-refractivity contribution is 5.67. The molecule has 1 rings (SSSR count). The second kappa shape index (κ2) is 6.69. The Morgan fingerprint density at radius 3 is 2.62 bits per heavy atom. The maximum Gasteiger partial charge on any atom is 0.158 e. The first-order chi connectivity index (χ1) is 7.77. The van der Waals surface area contributed by atoms with E-state index < -0.39 is 0 Å². The van der Waals surface area contributed by atoms with E-state index >= 15 is 0 Å². The van der Waals surface area contributed by atoms with E-state index in [0.29, 0.717) is 5.82 Å². The van der Waals surface area contributed by atoms with Crippen molar-refractivity contribution in [1.82, 2.24) is 15.3 Å². The second-order valence-corrected chi connectivity index (χ2v) is 3.36. The van der Waals surface area contributed by atoms with Crippen molar-refractivity contribution in [3.63, 3.8) is 0 Å². The molecule has 0 aliphatic carbocycles. The molecule has 0 bridgehead atoms. The predicted molar refractivity (Wildman–Crippen MR) is 67.8 cm³/mol. The lowest BCUT2D eigenvalue weighted by Gasteiger charge is -2.01. The molecule has 0 unspecified atom stereocenters. The van der Waals surface area contributed by atoms with Gasteiger partial charge in [-0.25, -0.2) is 9.97 Å². The fourth-order valence-electron chi connectivity index (χ4n) is 1.17. The summed E-state index contributed by atoms with van der Waals surface area (Å²) in [6.07, 6.45) is 11.3. The molecule has 0 aliphatic heterocycles. The molecule has 84 valence electrons. The van der Waals surface area contributed by atoms with E-state index in [0.717, 1.165) is 17.7 Å². The molecular weight excluding hydrogens is 198 g/mol. The van der Waals surface area contributed by atoms with Crippen LogP contribution in [0, 0.1) is 0 Å². The second-order valence-electron chi connectivity index (χ2n) is 3.36. The number of nitrogens with one attached hydrogen (secondary N) is 1. The van der Waals surface area contributed by atoms with Gasteiger partial charge >= 0.3 is 0 Å². The van der Waals surface area contributed by atoms with Gasteiger partial charge in [0.25, 0.3) is 0 Å². The van der Waals surface area contributed by atoms with Crippen LogP contribution in [0.4, 0.5) is 0 Å². The van der Waals surface area contributed by atoms with Crippen molar-refractivity contribution in [2.45, 2.75) is 13.5 Å². The van der Waals surface area contributed by atoms with Crippen LogP contribution in [0.2, 0.25) is 0 Å². The molecule has 1 heterocycles. The molecule has 16 heavy (non-hydrogen) atoms. The van der Waals surface area contributed by atoms with Crippen molar-refractivity contribution in [2.75, 3.05) is 7.05 Å². The molecular formula is C13H17N3. The number of rotatable bonds is 5. The molecule has 0 aromatic carbocycles. The zero-order valence-electron chi connectivity index (χ0n) is 9.77. The summed E-state index contributed by atoms with van der Waals surface area (Å²) >= 11 is 0. The first kappa shape index (κ1) is 12.3. The number of aromatic nitrogens is 2. The zero-order valence-corrected chi connectivity index (χ0v) is 9.77. The fourth-order valence-corrected chi connectivity index (χ4v) is 1.17. The summed E-state index contributed by atoms with van der Waals surface area (Å²) in [6, 6.07) is 0. The van der Waals surface area contributed by atoms with E-state index in [-0.39, 0.29) is 0 Å². The van der Waals surface area contributed by atoms with Crippen LogP contribution >= 0.6 is 0 Å². The van der Waals surface area contributed by atoms with Crippen molar-refractivity contribution >= 4 is 5.57 Å². The Hall–Kier alpha value is -1.74. The first-order valence-electron chi connectivity index (χ1n) is 5.22. The topological polar surface area (TPSA) is 37.8 Å². The van der Waals surface area contributed by atoms with Crippen molar-refractivity contribution in [2.24, 2.45) is 0 Å². The summed E-state index contributed by atoms with van der Waals surface area (Å²) in [6.45, 7) is 6.66. The first-order valence-corrected chi connectivity index (χ1v) is 5.22. The van der Waals surface area contributed by atoms with Crippen LogP contribution in [0.1, 0.15) is 18.3 Å². The maximum atomic E-state index is 4.25. The molecule has 0 spiro atoms. The Bertz CT molecular complexity index is 388. The Morgan fingerprint density at radius 1 is 1.38 bits per heavy atom. The van der Waals surface area contributed by atoms with Gasteiger partial charge in [-0.2, -0.15) is 0 Å². The average Bonchev–Trinajstić information content (AvgIpc) is 2.30. The number of hydrogen-bond donors (Lipinski definition) is 1. The summed E-state index contributed by atoms with van der Waals surface area (Å²) in [5, 5.41) is 3.05. The highest BCUT2D eigenvalue weighted by Crippen LogP contribution is 2.08. The molecule has 1 aromatic heterocycles. The summed E-state index contributed by atoms with van der Waals surface area (Å²) in [4.78, 5) is 8.50. The lowest BCUT2D eigenvalue weighted by atomic mass is 10.2. The lowest BCUT2D eigenvalue weighted by molar-refractivity contribution is 0.805. The summed E-state index contributed by atoms with van der Waals surface area (Å²) < 4.78 is 0. The van der Waals surface area contributed by atoms with E-state index in [1.807, 2.05) is 50.7 Å². The lowest BCUT2D eigenvalue weighted by Crippen LogP contribution is -2.06. The van der Waals surface area contributed by atoms with E-state index in [9.17, 15) is 0 Å². The highest BCUT2D eigenvalue weighted by Gasteiger charge is 1.98. The molecule has 3 heteroatoms. The molecule has 3 nitrogen and oxygen atoms in total. The minimum absolute atomic E-state index is 0.667. The van der Waals surface area contributed by atoms with Crippen molar-refractivity contribution < 1.29 is 0 Å². The van der Waals surface area contributed by atoms with Gasteiger partial charge in [0, 0.05) is 30.1 Å². The summed E-state index contributed by atoms with van der Waals surface area (Å²) in [5.74, 6) is 0.667. The van der Waals surface area contributed by atoms with Crippen molar-refractivity contribution in [3.05, 3.63) is 54.7 Å². The van der Waals surface area contributed by atoms with Crippen LogP contribution in [0.3, 0.4) is 0 Å². The molecule has 0 saturated heterocycles. The fraction of sp³-hybridized carbons (Fsp3) is 0.231. The monoisotopic (exact) mass is 215 g/mol. The zero-order chi connectivity index (χ0) is 11.8. The number of hydrogen-bond acceptors (Lipinski definition) is 3. The third kappa shape index (κ3) is 3.79. The molecule has 1 N–H and O–H groups in total. The normalized spacial score (nSPS) is 11.4. The third-order valence-corrected chi connectivity index (χ3v) is 1.97. The van der Waals surface area contributed by atoms with Gasteiger partial charge in [-0.15, -0.1) is 0 Å². The average molecular weight is 215 g/mol. The minimum Gasteiger partial charge on any atom is -0.316 e. The Labute approximate surface area is 96.6 Å². The van der Waals surface area contributed by atoms with Gasteiger partial charge in [-0.05, 0) is 14.0 Å². The molecule has 0 amide bonds. The largest absolute Gasteiger partial charge is 0.316 e. The van der Waals surface area contributed by atoms with E-state index in [1.54, 1.807) is 0 Å². The van der Waals surface area contributed by atoms with Gasteiger partial charge < -0.3 is 5.32 Å². The minimum atomic E-state index is 0.667. The van der Waals surface area contributed by atoms with Crippen LogP contribution in [0.25, 0.3) is 5.57 Å². The van der Waals surface area contributed by atoms with Crippen molar-refractivity contribution in [1.29, 1.82) is 0 Å². The van der Waals surface area contributed by atoms with Gasteiger partial charge in [0.2, 0.25) is 0 Å². The maximum absolute atomic E-state index is 4.25. The van der Waals surface area contributed by atoms with Gasteiger partial charge in [-0.1, -0.05) is 30.9 Å². The Morgan fingerprint density at radius 2 is 2.06 bits per heavy atom. The molecule has 1 aromatic rings. The van der Waals surface area contributed by atoms with Crippen LogP contribution in [0.15, 0.2) is 43.3 Å². The van der Waals surface area contributed by atoms with E-state index in [2.05, 4.69) is 21.9 Å².